The van der Waals surface area contributed by atoms with E-state index in [1.54, 1.807) is 35.7 Å². The number of carbonyl (C=O) groups is 2. The zero-order valence-electron chi connectivity index (χ0n) is 16.6. The molecule has 2 heterocycles. The lowest BCUT2D eigenvalue weighted by Gasteiger charge is -2.24. The highest BCUT2D eigenvalue weighted by atomic mass is 35.5. The van der Waals surface area contributed by atoms with Gasteiger partial charge in [0.1, 0.15) is 5.37 Å². The van der Waals surface area contributed by atoms with E-state index in [0.717, 1.165) is 21.2 Å². The number of thioether (sulfide) groups is 2. The lowest BCUT2D eigenvalue weighted by atomic mass is 10.1. The Labute approximate surface area is 197 Å². The van der Waals surface area contributed by atoms with Crippen LogP contribution in [-0.2, 0) is 11.3 Å². The first-order valence-electron chi connectivity index (χ1n) is 9.56. The monoisotopic (exact) mass is 490 g/mol. The third-order valence-electron chi connectivity index (χ3n) is 4.59. The standard InChI is InChI=1S/C21H19ClN4O2S3/c1-2-29-21-25-24-20(31-21)23-18(28)14-5-7-15(8-6-14)19-26(17(27)12-30-19)11-13-3-9-16(22)10-4-13/h3-10,19H,2,11-12H2,1H3,(H,23,24,28). The molecule has 0 aliphatic carbocycles. The Balaban J connectivity index is 1.44. The summed E-state index contributed by atoms with van der Waals surface area (Å²) >= 11 is 10.5. The van der Waals surface area contributed by atoms with Crippen molar-refractivity contribution in [2.45, 2.75) is 23.2 Å². The fraction of sp³-hybridized carbons (Fsp3) is 0.238. The quantitative estimate of drug-likeness (QED) is 0.356. The van der Waals surface area contributed by atoms with E-state index in [0.29, 0.717) is 28.0 Å². The van der Waals surface area contributed by atoms with Gasteiger partial charge in [-0.1, -0.05) is 65.9 Å². The van der Waals surface area contributed by atoms with E-state index in [-0.39, 0.29) is 17.2 Å². The van der Waals surface area contributed by atoms with Gasteiger partial charge in [-0.3, -0.25) is 14.9 Å². The van der Waals surface area contributed by atoms with Crippen LogP contribution in [0.1, 0.15) is 33.8 Å². The molecule has 0 radical (unpaired) electrons. The molecule has 0 spiro atoms. The van der Waals surface area contributed by atoms with Crippen molar-refractivity contribution in [3.63, 3.8) is 0 Å². The maximum atomic E-state index is 12.5. The molecule has 6 nitrogen and oxygen atoms in total. The largest absolute Gasteiger partial charge is 0.322 e. The first-order chi connectivity index (χ1) is 15.0. The smallest absolute Gasteiger partial charge is 0.257 e. The summed E-state index contributed by atoms with van der Waals surface area (Å²) in [7, 11) is 0. The Morgan fingerprint density at radius 2 is 1.94 bits per heavy atom. The SMILES string of the molecule is CCSc1nnc(NC(=O)c2ccc(C3SCC(=O)N3Cc3ccc(Cl)cc3)cc2)s1. The lowest BCUT2D eigenvalue weighted by molar-refractivity contribution is -0.128. The Bertz CT molecular complexity index is 1070. The van der Waals surface area contributed by atoms with E-state index in [1.807, 2.05) is 48.2 Å². The minimum Gasteiger partial charge on any atom is -0.322 e. The Hall–Kier alpha value is -2.07. The highest BCUT2D eigenvalue weighted by Gasteiger charge is 2.32. The van der Waals surface area contributed by atoms with Crippen LogP contribution >= 0.6 is 46.5 Å². The lowest BCUT2D eigenvalue weighted by Crippen LogP contribution is -2.27. The molecule has 1 fully saturated rings. The third-order valence-corrected chi connectivity index (χ3v) is 7.95. The molecule has 2 amide bonds. The van der Waals surface area contributed by atoms with Gasteiger partial charge in [-0.15, -0.1) is 22.0 Å². The van der Waals surface area contributed by atoms with E-state index in [9.17, 15) is 9.59 Å². The summed E-state index contributed by atoms with van der Waals surface area (Å²) in [4.78, 5) is 26.9. The topological polar surface area (TPSA) is 75.2 Å². The summed E-state index contributed by atoms with van der Waals surface area (Å²) in [5.41, 5.74) is 2.54. The normalized spacial score (nSPS) is 16.0. The molecule has 2 aromatic carbocycles. The van der Waals surface area contributed by atoms with Gasteiger partial charge in [-0.25, -0.2) is 0 Å². The summed E-state index contributed by atoms with van der Waals surface area (Å²) in [6.45, 7) is 2.56. The van der Waals surface area contributed by atoms with E-state index in [4.69, 9.17) is 11.6 Å². The zero-order chi connectivity index (χ0) is 21.8. The third kappa shape index (κ3) is 5.41. The van der Waals surface area contributed by atoms with Gasteiger partial charge in [-0.05, 0) is 41.1 Å². The zero-order valence-corrected chi connectivity index (χ0v) is 19.8. The van der Waals surface area contributed by atoms with Crippen LogP contribution in [-0.4, -0.2) is 38.4 Å². The van der Waals surface area contributed by atoms with E-state index < -0.39 is 0 Å². The van der Waals surface area contributed by atoms with Crippen molar-refractivity contribution in [3.8, 4) is 0 Å². The number of nitrogens with zero attached hydrogens (tertiary/aromatic N) is 3. The molecular weight excluding hydrogens is 472 g/mol. The Morgan fingerprint density at radius 1 is 1.19 bits per heavy atom. The summed E-state index contributed by atoms with van der Waals surface area (Å²) in [6.07, 6.45) is 0. The van der Waals surface area contributed by atoms with Crippen molar-refractivity contribution in [2.75, 3.05) is 16.8 Å². The van der Waals surface area contributed by atoms with Crippen molar-refractivity contribution in [3.05, 3.63) is 70.2 Å². The summed E-state index contributed by atoms with van der Waals surface area (Å²) < 4.78 is 0.830. The maximum Gasteiger partial charge on any atom is 0.257 e. The van der Waals surface area contributed by atoms with E-state index in [1.165, 1.54) is 11.3 Å². The molecule has 3 aromatic rings. The van der Waals surface area contributed by atoms with Crippen LogP contribution in [0.15, 0.2) is 52.9 Å². The summed E-state index contributed by atoms with van der Waals surface area (Å²) in [5.74, 6) is 1.21. The number of carbonyl (C=O) groups excluding carboxylic acids is 2. The van der Waals surface area contributed by atoms with Gasteiger partial charge in [0.2, 0.25) is 11.0 Å². The van der Waals surface area contributed by atoms with Crippen LogP contribution in [0.5, 0.6) is 0 Å². The van der Waals surface area contributed by atoms with Gasteiger partial charge >= 0.3 is 0 Å². The van der Waals surface area contributed by atoms with Gasteiger partial charge in [-0.2, -0.15) is 0 Å². The number of amides is 2. The molecule has 4 rings (SSSR count). The van der Waals surface area contributed by atoms with Crippen molar-refractivity contribution in [2.24, 2.45) is 0 Å². The molecule has 0 saturated carbocycles. The molecule has 10 heteroatoms. The molecule has 1 N–H and O–H groups in total. The van der Waals surface area contributed by atoms with Gasteiger partial charge < -0.3 is 4.90 Å². The van der Waals surface area contributed by atoms with E-state index in [2.05, 4.69) is 15.5 Å². The first-order valence-corrected chi connectivity index (χ1v) is 12.8. The molecule has 1 atom stereocenters. The summed E-state index contributed by atoms with van der Waals surface area (Å²) in [6, 6.07) is 14.9. The summed E-state index contributed by atoms with van der Waals surface area (Å²) in [5, 5.41) is 11.9. The van der Waals surface area contributed by atoms with Gasteiger partial charge in [0, 0.05) is 17.1 Å². The molecule has 1 aliphatic rings. The number of hydrogen-bond donors (Lipinski definition) is 1. The van der Waals surface area contributed by atoms with Crippen molar-refractivity contribution < 1.29 is 9.59 Å². The number of halogens is 1. The highest BCUT2D eigenvalue weighted by Crippen LogP contribution is 2.39. The van der Waals surface area contributed by atoms with Crippen LogP contribution in [0, 0.1) is 0 Å². The van der Waals surface area contributed by atoms with Gasteiger partial charge in [0.15, 0.2) is 4.34 Å². The Kier molecular flexibility index (Phi) is 7.16. The van der Waals surface area contributed by atoms with Crippen molar-refractivity contribution in [1.29, 1.82) is 0 Å². The average Bonchev–Trinajstić information content (AvgIpc) is 3.36. The average molecular weight is 491 g/mol. The molecular formula is C21H19ClN4O2S3. The predicted octanol–water partition coefficient (Wildman–Crippen LogP) is 5.33. The molecule has 0 bridgehead atoms. The molecule has 1 saturated heterocycles. The van der Waals surface area contributed by atoms with Gasteiger partial charge in [0.05, 0.1) is 5.75 Å². The second-order valence-corrected chi connectivity index (χ2v) is 10.7. The predicted molar refractivity (Wildman–Crippen MR) is 128 cm³/mol. The van der Waals surface area contributed by atoms with Crippen LogP contribution < -0.4 is 5.32 Å². The van der Waals surface area contributed by atoms with Crippen LogP contribution in [0.2, 0.25) is 5.02 Å². The minimum absolute atomic E-state index is 0.0860. The van der Waals surface area contributed by atoms with Crippen LogP contribution in [0.25, 0.3) is 0 Å². The van der Waals surface area contributed by atoms with E-state index >= 15 is 0 Å². The van der Waals surface area contributed by atoms with Crippen LogP contribution in [0.3, 0.4) is 0 Å². The maximum absolute atomic E-state index is 12.5. The first kappa shape index (κ1) is 22.1. The second-order valence-electron chi connectivity index (χ2n) is 6.69. The van der Waals surface area contributed by atoms with Crippen LogP contribution in [0.4, 0.5) is 5.13 Å². The fourth-order valence-corrected chi connectivity index (χ4v) is 6.06. The minimum atomic E-state index is -0.232. The molecule has 160 valence electrons. The highest BCUT2D eigenvalue weighted by molar-refractivity contribution is 8.01. The number of hydrogen-bond acceptors (Lipinski definition) is 7. The number of nitrogens with one attached hydrogen (secondary N) is 1. The van der Waals surface area contributed by atoms with Crippen molar-refractivity contribution >= 4 is 63.4 Å². The molecule has 1 unspecified atom stereocenters. The molecule has 31 heavy (non-hydrogen) atoms. The number of aromatic nitrogens is 2. The Morgan fingerprint density at radius 3 is 2.65 bits per heavy atom. The molecule has 1 aliphatic heterocycles. The molecule has 1 aromatic heterocycles. The number of rotatable bonds is 7. The second kappa shape index (κ2) is 10.0. The van der Waals surface area contributed by atoms with Gasteiger partial charge in [0.25, 0.3) is 5.91 Å². The van der Waals surface area contributed by atoms with Crippen molar-refractivity contribution in [1.82, 2.24) is 15.1 Å². The number of benzene rings is 2. The fourth-order valence-electron chi connectivity index (χ4n) is 3.10. The number of anilines is 1.